The quantitative estimate of drug-likeness (QED) is 0.593. The Morgan fingerprint density at radius 2 is 1.65 bits per heavy atom. The molecule has 0 amide bonds. The number of benzene rings is 1. The molecule has 2 aromatic rings. The number of phenols is 1. The molecule has 0 bridgehead atoms. The Bertz CT molecular complexity index is 656. The number of rotatable bonds is 4. The van der Waals surface area contributed by atoms with E-state index < -0.39 is 0 Å². The van der Waals surface area contributed by atoms with Crippen molar-refractivity contribution in [1.29, 1.82) is 0 Å². The van der Waals surface area contributed by atoms with Crippen molar-refractivity contribution in [2.75, 3.05) is 0 Å². The maximum Gasteiger partial charge on any atom is 0.251 e. The zero-order chi connectivity index (χ0) is 20.5. The summed E-state index contributed by atoms with van der Waals surface area (Å²) < 4.78 is 5.63. The lowest BCUT2D eigenvalue weighted by Crippen LogP contribution is -1.83. The van der Waals surface area contributed by atoms with Crippen LogP contribution in [0.1, 0.15) is 73.8 Å². The van der Waals surface area contributed by atoms with Gasteiger partial charge in [-0.3, -0.25) is 0 Å². The summed E-state index contributed by atoms with van der Waals surface area (Å²) >= 11 is 0. The Hall–Kier alpha value is -2.36. The van der Waals surface area contributed by atoms with E-state index in [2.05, 4.69) is 10.2 Å². The molecule has 1 aromatic heterocycles. The van der Waals surface area contributed by atoms with Gasteiger partial charge < -0.3 is 9.52 Å². The van der Waals surface area contributed by atoms with Crippen molar-refractivity contribution in [1.82, 2.24) is 10.2 Å². The van der Waals surface area contributed by atoms with Crippen molar-refractivity contribution in [3.05, 3.63) is 47.9 Å². The van der Waals surface area contributed by atoms with E-state index in [4.69, 9.17) is 4.42 Å². The van der Waals surface area contributed by atoms with Gasteiger partial charge in [-0.1, -0.05) is 72.8 Å². The smallest absolute Gasteiger partial charge is 0.251 e. The summed E-state index contributed by atoms with van der Waals surface area (Å²) in [6.45, 7) is 17.9. The number of allylic oxidation sites excluding steroid dienone is 4. The molecule has 0 atom stereocenters. The maximum absolute atomic E-state index is 10.0. The summed E-state index contributed by atoms with van der Waals surface area (Å²) in [5.74, 6) is 0.927. The number of aromatic hydroxyl groups is 1. The molecule has 0 spiro atoms. The fraction of sp³-hybridized carbons (Fsp3) is 0.455. The third-order valence-electron chi connectivity index (χ3n) is 3.03. The number of aryl methyl sites for hydroxylation is 1. The van der Waals surface area contributed by atoms with Gasteiger partial charge in [-0.15, -0.1) is 10.2 Å². The molecule has 0 saturated carbocycles. The third kappa shape index (κ3) is 7.68. The first-order chi connectivity index (χ1) is 12.7. The highest BCUT2D eigenvalue weighted by Crippen LogP contribution is 2.30. The predicted octanol–water partition coefficient (Wildman–Crippen LogP) is 7.06. The second kappa shape index (κ2) is 16.1. The molecular weight excluding hydrogens is 324 g/mol. The first-order valence-corrected chi connectivity index (χ1v) is 9.64. The minimum atomic E-state index is 0.160. The first kappa shape index (κ1) is 25.9. The van der Waals surface area contributed by atoms with Gasteiger partial charge in [0, 0.05) is 5.57 Å². The Labute approximate surface area is 159 Å². The molecule has 0 fully saturated rings. The fourth-order valence-electron chi connectivity index (χ4n) is 1.90. The third-order valence-corrected chi connectivity index (χ3v) is 3.03. The highest BCUT2D eigenvalue weighted by Gasteiger charge is 2.14. The van der Waals surface area contributed by atoms with Crippen molar-refractivity contribution in [2.45, 2.75) is 68.7 Å². The van der Waals surface area contributed by atoms with Crippen LogP contribution < -0.4 is 0 Å². The number of hydrogen-bond acceptors (Lipinski definition) is 4. The van der Waals surface area contributed by atoms with Crippen LogP contribution in [0.5, 0.6) is 5.75 Å². The minimum Gasteiger partial charge on any atom is -0.507 e. The average molecular weight is 361 g/mol. The normalized spacial score (nSPS) is 10.1. The predicted molar refractivity (Wildman–Crippen MR) is 113 cm³/mol. The topological polar surface area (TPSA) is 59.2 Å². The molecule has 0 saturated heterocycles. The molecule has 0 aliphatic heterocycles. The Morgan fingerprint density at radius 3 is 2.12 bits per heavy atom. The van der Waals surface area contributed by atoms with Gasteiger partial charge in [0.05, 0.1) is 5.56 Å². The lowest BCUT2D eigenvalue weighted by Gasteiger charge is -2.02. The van der Waals surface area contributed by atoms with Crippen molar-refractivity contribution >= 4 is 5.57 Å². The van der Waals surface area contributed by atoms with Gasteiger partial charge in [-0.2, -0.15) is 0 Å². The second-order valence-corrected chi connectivity index (χ2v) is 4.36. The summed E-state index contributed by atoms with van der Waals surface area (Å²) in [4.78, 5) is 0. The van der Waals surface area contributed by atoms with Crippen LogP contribution in [0.4, 0.5) is 0 Å². The van der Waals surface area contributed by atoms with Gasteiger partial charge in [0.2, 0.25) is 5.89 Å². The second-order valence-electron chi connectivity index (χ2n) is 4.36. The summed E-state index contributed by atoms with van der Waals surface area (Å²) in [6.07, 6.45) is 6.58. The van der Waals surface area contributed by atoms with Crippen LogP contribution in [0.3, 0.4) is 0 Å². The molecule has 0 aliphatic rings. The zero-order valence-electron chi connectivity index (χ0n) is 17.9. The summed E-state index contributed by atoms with van der Waals surface area (Å²) in [5, 5.41) is 18.0. The van der Waals surface area contributed by atoms with E-state index in [1.807, 2.05) is 86.6 Å². The molecule has 0 radical (unpaired) electrons. The highest BCUT2D eigenvalue weighted by molar-refractivity contribution is 5.69. The molecule has 1 heterocycles. The van der Waals surface area contributed by atoms with E-state index in [9.17, 15) is 5.11 Å². The van der Waals surface area contributed by atoms with Gasteiger partial charge in [-0.05, 0) is 38.0 Å². The number of aromatic nitrogens is 2. The van der Waals surface area contributed by atoms with Gasteiger partial charge in [0.15, 0.2) is 0 Å². The lowest BCUT2D eigenvalue weighted by molar-refractivity contribution is 0.471. The summed E-state index contributed by atoms with van der Waals surface area (Å²) in [7, 11) is 0. The Balaban J connectivity index is 0. The van der Waals surface area contributed by atoms with Crippen LogP contribution in [0, 0.1) is 0 Å². The average Bonchev–Trinajstić information content (AvgIpc) is 3.20. The van der Waals surface area contributed by atoms with E-state index in [0.717, 1.165) is 17.6 Å². The van der Waals surface area contributed by atoms with Crippen LogP contribution in [-0.4, -0.2) is 15.3 Å². The minimum absolute atomic E-state index is 0.160. The molecule has 1 aromatic carbocycles. The Morgan fingerprint density at radius 1 is 1.04 bits per heavy atom. The van der Waals surface area contributed by atoms with E-state index in [-0.39, 0.29) is 5.75 Å². The molecule has 1 N–H and O–H groups in total. The van der Waals surface area contributed by atoms with Gasteiger partial charge in [0.25, 0.3) is 5.89 Å². The number of nitrogens with zero attached hydrogens (tertiary/aromatic N) is 2. The molecule has 4 nitrogen and oxygen atoms in total. The molecular formula is C22H36N2O2. The van der Waals surface area contributed by atoms with Crippen LogP contribution in [0.2, 0.25) is 0 Å². The van der Waals surface area contributed by atoms with Crippen molar-refractivity contribution < 1.29 is 9.52 Å². The monoisotopic (exact) mass is 360 g/mol. The number of phenolic OH excluding ortho intramolecular Hbond substituents is 1. The Kier molecular flexibility index (Phi) is 16.0. The number of hydrogen-bond donors (Lipinski definition) is 1. The molecule has 146 valence electrons. The molecule has 0 aliphatic carbocycles. The fourth-order valence-corrected chi connectivity index (χ4v) is 1.90. The van der Waals surface area contributed by atoms with Crippen LogP contribution in [0.25, 0.3) is 17.0 Å². The van der Waals surface area contributed by atoms with Crippen LogP contribution in [-0.2, 0) is 6.42 Å². The van der Waals surface area contributed by atoms with E-state index in [1.54, 1.807) is 12.1 Å². The van der Waals surface area contributed by atoms with Gasteiger partial charge in [-0.25, -0.2) is 0 Å². The molecule has 2 rings (SSSR count). The van der Waals surface area contributed by atoms with Gasteiger partial charge in [0.1, 0.15) is 5.75 Å². The maximum atomic E-state index is 10.0. The lowest BCUT2D eigenvalue weighted by atomic mass is 10.1. The SMILES string of the molecule is C/C=C\C(=C/C)c1nnc(-c2ccc(CC)cc2O)o1.CC.CC.CC. The van der Waals surface area contributed by atoms with E-state index >= 15 is 0 Å². The molecule has 26 heavy (non-hydrogen) atoms. The summed E-state index contributed by atoms with van der Waals surface area (Å²) in [6, 6.07) is 5.47. The van der Waals surface area contributed by atoms with E-state index in [1.165, 1.54) is 0 Å². The first-order valence-electron chi connectivity index (χ1n) is 9.64. The van der Waals surface area contributed by atoms with Crippen LogP contribution in [0.15, 0.2) is 40.8 Å². The zero-order valence-corrected chi connectivity index (χ0v) is 17.9. The summed E-state index contributed by atoms with van der Waals surface area (Å²) in [5.41, 5.74) is 2.47. The van der Waals surface area contributed by atoms with E-state index in [0.29, 0.717) is 17.3 Å². The largest absolute Gasteiger partial charge is 0.507 e. The van der Waals surface area contributed by atoms with Crippen molar-refractivity contribution in [3.8, 4) is 17.2 Å². The van der Waals surface area contributed by atoms with Crippen molar-refractivity contribution in [3.63, 3.8) is 0 Å². The van der Waals surface area contributed by atoms with Crippen LogP contribution >= 0.6 is 0 Å². The van der Waals surface area contributed by atoms with Crippen molar-refractivity contribution in [2.24, 2.45) is 0 Å². The molecule has 4 heteroatoms. The molecule has 0 unspecified atom stereocenters. The van der Waals surface area contributed by atoms with Gasteiger partial charge >= 0.3 is 0 Å². The standard InChI is InChI=1S/C16H18N2O2.3C2H6/c1-4-7-12(6-3)15-17-18-16(20-15)13-9-8-11(5-2)10-14(13)19;3*1-2/h4,6-10,19H,5H2,1-3H3;3*1-2H3/b7-4-,12-6+;;;. The highest BCUT2D eigenvalue weighted by atomic mass is 16.4.